The van der Waals surface area contributed by atoms with Gasteiger partial charge in [-0.15, -0.1) is 12.4 Å². The topological polar surface area (TPSA) is 114 Å². The molecule has 1 aromatic rings. The van der Waals surface area contributed by atoms with Crippen LogP contribution >= 0.6 is 24.0 Å². The van der Waals surface area contributed by atoms with Gasteiger partial charge in [-0.3, -0.25) is 10.2 Å². The summed E-state index contributed by atoms with van der Waals surface area (Å²) in [4.78, 5) is 16.1. The molecule has 0 aliphatic carbocycles. The summed E-state index contributed by atoms with van der Waals surface area (Å²) in [6.07, 6.45) is 2.20. The largest absolute Gasteiger partial charge is 0.487 e. The van der Waals surface area contributed by atoms with E-state index in [2.05, 4.69) is 0 Å². The molecule has 2 N–H and O–H groups in total. The van der Waals surface area contributed by atoms with E-state index in [0.29, 0.717) is 37.5 Å². The molecule has 4 rings (SSSR count). The van der Waals surface area contributed by atoms with Crippen LogP contribution in [0.5, 0.6) is 5.75 Å². The molecule has 34 heavy (non-hydrogen) atoms. The van der Waals surface area contributed by atoms with E-state index >= 15 is 0 Å². The standard InChI is InChI=1S/C21H26ClFN4O5S.ClH/c1-14(24)25-4-2-21(29,3-5-25)13-26-6-7-27(11-20(26)28)33(30,31)16-8-15-9-18(23)17(22)10-19(15)32-12-16;/h8-10,24,29H,2-7,11-13H2,1H3;1H. The molecule has 13 heteroatoms. The van der Waals surface area contributed by atoms with E-state index in [9.17, 15) is 22.7 Å². The number of carbonyl (C=O) groups excluding carboxylic acids is 1. The molecule has 2 saturated heterocycles. The lowest BCUT2D eigenvalue weighted by Crippen LogP contribution is -2.58. The number of sulfonamides is 1. The lowest BCUT2D eigenvalue weighted by molar-refractivity contribution is -0.139. The number of ether oxygens (including phenoxy) is 1. The number of rotatable bonds is 4. The number of aliphatic hydroxyl groups is 1. The molecule has 188 valence electrons. The van der Waals surface area contributed by atoms with Gasteiger partial charge in [0.2, 0.25) is 15.9 Å². The van der Waals surface area contributed by atoms with Gasteiger partial charge in [0.1, 0.15) is 18.2 Å². The van der Waals surface area contributed by atoms with Crippen LogP contribution in [0.2, 0.25) is 5.02 Å². The maximum atomic E-state index is 13.8. The number of hydrogen-bond donors (Lipinski definition) is 2. The van der Waals surface area contributed by atoms with Crippen LogP contribution in [0.25, 0.3) is 6.08 Å². The molecule has 0 saturated carbocycles. The number of likely N-dealkylation sites (tertiary alicyclic amines) is 1. The van der Waals surface area contributed by atoms with Crippen LogP contribution < -0.4 is 4.74 Å². The van der Waals surface area contributed by atoms with Crippen molar-refractivity contribution in [2.45, 2.75) is 25.4 Å². The van der Waals surface area contributed by atoms with Crippen LogP contribution in [0, 0.1) is 11.2 Å². The second kappa shape index (κ2) is 9.98. The van der Waals surface area contributed by atoms with Gasteiger partial charge in [-0.1, -0.05) is 11.6 Å². The summed E-state index contributed by atoms with van der Waals surface area (Å²) in [5.74, 6) is -0.336. The number of amides is 1. The minimum Gasteiger partial charge on any atom is -0.487 e. The molecule has 9 nitrogen and oxygen atoms in total. The van der Waals surface area contributed by atoms with E-state index in [-0.39, 0.29) is 66.6 Å². The Morgan fingerprint density at radius 1 is 1.26 bits per heavy atom. The Labute approximate surface area is 209 Å². The third-order valence-corrected chi connectivity index (χ3v) is 8.53. The molecule has 0 aromatic heterocycles. The van der Waals surface area contributed by atoms with Crippen molar-refractivity contribution in [3.05, 3.63) is 33.4 Å². The fraction of sp³-hybridized carbons (Fsp3) is 0.524. The first-order valence-corrected chi connectivity index (χ1v) is 12.4. The molecule has 0 unspecified atom stereocenters. The van der Waals surface area contributed by atoms with Gasteiger partial charge in [0.05, 0.1) is 27.9 Å². The van der Waals surface area contributed by atoms with Crippen molar-refractivity contribution in [1.82, 2.24) is 14.1 Å². The van der Waals surface area contributed by atoms with Gasteiger partial charge in [0.15, 0.2) is 0 Å². The van der Waals surface area contributed by atoms with Crippen LogP contribution in [0.4, 0.5) is 4.39 Å². The van der Waals surface area contributed by atoms with Crippen molar-refractivity contribution >= 4 is 51.9 Å². The summed E-state index contributed by atoms with van der Waals surface area (Å²) >= 11 is 5.75. The number of fused-ring (bicyclic) bond motifs is 1. The molecule has 2 fully saturated rings. The molecule has 1 aromatic carbocycles. The van der Waals surface area contributed by atoms with Crippen LogP contribution in [0.15, 0.2) is 17.0 Å². The minimum atomic E-state index is -4.00. The second-order valence-corrected chi connectivity index (χ2v) is 11.1. The summed E-state index contributed by atoms with van der Waals surface area (Å²) in [5.41, 5.74) is -0.794. The number of piperazine rings is 1. The normalized spacial score (nSPS) is 20.7. The van der Waals surface area contributed by atoms with E-state index in [1.165, 1.54) is 17.0 Å². The van der Waals surface area contributed by atoms with Gasteiger partial charge in [-0.05, 0) is 31.9 Å². The Morgan fingerprint density at radius 2 is 1.94 bits per heavy atom. The molecule has 3 aliphatic heterocycles. The van der Waals surface area contributed by atoms with Crippen molar-refractivity contribution in [1.29, 1.82) is 5.41 Å². The van der Waals surface area contributed by atoms with Gasteiger partial charge in [0, 0.05) is 44.4 Å². The number of nitrogens with one attached hydrogen (secondary N) is 1. The van der Waals surface area contributed by atoms with E-state index in [1.54, 1.807) is 6.92 Å². The van der Waals surface area contributed by atoms with Gasteiger partial charge < -0.3 is 19.6 Å². The predicted molar refractivity (Wildman–Crippen MR) is 128 cm³/mol. The Hall–Kier alpha value is -1.92. The Balaban J connectivity index is 0.00000324. The third-order valence-electron chi connectivity index (χ3n) is 6.35. The zero-order valence-electron chi connectivity index (χ0n) is 18.6. The summed E-state index contributed by atoms with van der Waals surface area (Å²) in [5, 5.41) is 18.5. The van der Waals surface area contributed by atoms with Crippen molar-refractivity contribution in [3.63, 3.8) is 0 Å². The zero-order chi connectivity index (χ0) is 24.0. The number of β-amino-alcohol motifs (C(OH)–C–C–N with tert-alkyl or cyclic N) is 1. The highest BCUT2D eigenvalue weighted by Gasteiger charge is 2.40. The Kier molecular flexibility index (Phi) is 7.83. The number of halogens is 3. The first-order chi connectivity index (χ1) is 15.5. The van der Waals surface area contributed by atoms with E-state index < -0.39 is 21.4 Å². The highest BCUT2D eigenvalue weighted by Crippen LogP contribution is 2.34. The first-order valence-electron chi connectivity index (χ1n) is 10.6. The predicted octanol–water partition coefficient (Wildman–Crippen LogP) is 1.93. The maximum absolute atomic E-state index is 13.8. The molecule has 0 bridgehead atoms. The van der Waals surface area contributed by atoms with Crippen molar-refractivity contribution < 1.29 is 27.4 Å². The highest BCUT2D eigenvalue weighted by molar-refractivity contribution is 7.93. The van der Waals surface area contributed by atoms with Crippen molar-refractivity contribution in [2.24, 2.45) is 0 Å². The lowest BCUT2D eigenvalue weighted by atomic mass is 9.90. The quantitative estimate of drug-likeness (QED) is 0.448. The van der Waals surface area contributed by atoms with Gasteiger partial charge in [-0.25, -0.2) is 12.8 Å². The Morgan fingerprint density at radius 3 is 2.56 bits per heavy atom. The van der Waals surface area contributed by atoms with Gasteiger partial charge >= 0.3 is 0 Å². The summed E-state index contributed by atoms with van der Waals surface area (Å²) in [6, 6.07) is 2.41. The summed E-state index contributed by atoms with van der Waals surface area (Å²) in [7, 11) is -4.00. The first kappa shape index (κ1) is 26.7. The lowest BCUT2D eigenvalue weighted by Gasteiger charge is -2.43. The SMILES string of the molecule is CC(=N)N1CCC(O)(CN2CCN(S(=O)(=O)C3=Cc4cc(F)c(Cl)cc4OC3)CC2=O)CC1.Cl. The van der Waals surface area contributed by atoms with E-state index in [0.717, 1.165) is 10.4 Å². The number of carbonyl (C=O) groups is 1. The zero-order valence-corrected chi connectivity index (χ0v) is 21.0. The summed E-state index contributed by atoms with van der Waals surface area (Å²) in [6.45, 7) is 2.55. The number of benzene rings is 1. The van der Waals surface area contributed by atoms with Crippen LogP contribution in [0.1, 0.15) is 25.3 Å². The smallest absolute Gasteiger partial charge is 0.243 e. The molecular weight excluding hydrogens is 510 g/mol. The van der Waals surface area contributed by atoms with Crippen molar-refractivity contribution in [2.75, 3.05) is 45.9 Å². The monoisotopic (exact) mass is 536 g/mol. The average molecular weight is 537 g/mol. The molecular formula is C21H27Cl2FN4O5S. The average Bonchev–Trinajstić information content (AvgIpc) is 2.75. The molecule has 1 amide bonds. The molecule has 0 spiro atoms. The molecule has 0 radical (unpaired) electrons. The third kappa shape index (κ3) is 5.33. The van der Waals surface area contributed by atoms with Gasteiger partial charge in [0.25, 0.3) is 0 Å². The van der Waals surface area contributed by atoms with Crippen LogP contribution in [-0.4, -0.2) is 90.8 Å². The number of nitrogens with zero attached hydrogens (tertiary/aromatic N) is 3. The van der Waals surface area contributed by atoms with Crippen molar-refractivity contribution in [3.8, 4) is 5.75 Å². The maximum Gasteiger partial charge on any atom is 0.243 e. The molecule has 3 heterocycles. The number of amidine groups is 1. The minimum absolute atomic E-state index is 0. The fourth-order valence-electron chi connectivity index (χ4n) is 4.29. The van der Waals surface area contributed by atoms with E-state index in [1.807, 2.05) is 4.90 Å². The van der Waals surface area contributed by atoms with Crippen LogP contribution in [-0.2, 0) is 14.8 Å². The fourth-order valence-corrected chi connectivity index (χ4v) is 5.86. The van der Waals surface area contributed by atoms with E-state index in [4.69, 9.17) is 21.7 Å². The molecule has 0 atom stereocenters. The number of piperidine rings is 1. The summed E-state index contributed by atoms with van der Waals surface area (Å²) < 4.78 is 46.6. The van der Waals surface area contributed by atoms with Gasteiger partial charge in [-0.2, -0.15) is 4.31 Å². The molecule has 3 aliphatic rings. The highest BCUT2D eigenvalue weighted by atomic mass is 35.5. The second-order valence-electron chi connectivity index (χ2n) is 8.65. The number of hydrogen-bond acceptors (Lipinski definition) is 6. The Bertz CT molecular complexity index is 1120. The van der Waals surface area contributed by atoms with Crippen LogP contribution in [0.3, 0.4) is 0 Å².